The van der Waals surface area contributed by atoms with Crippen molar-refractivity contribution >= 4 is 6.29 Å². The summed E-state index contributed by atoms with van der Waals surface area (Å²) in [5.74, 6) is 0. The first kappa shape index (κ1) is 10.6. The van der Waals surface area contributed by atoms with Crippen LogP contribution in [0, 0.1) is 0 Å². The summed E-state index contributed by atoms with van der Waals surface area (Å²) < 4.78 is 4.65. The molecule has 0 amide bonds. The maximum atomic E-state index is 10.5. The number of rotatable bonds is 1. The molecular weight excluding hydrogens is 180 g/mol. The number of hydrogen-bond acceptors (Lipinski definition) is 6. The number of hydrogen-bond donors (Lipinski definition) is 4. The van der Waals surface area contributed by atoms with Crippen LogP contribution in [0.1, 0.15) is 6.92 Å². The van der Waals surface area contributed by atoms with Gasteiger partial charge in [-0.15, -0.1) is 0 Å². The van der Waals surface area contributed by atoms with Gasteiger partial charge in [0.25, 0.3) is 0 Å². The molecule has 0 radical (unpaired) electrons. The first-order chi connectivity index (χ1) is 5.92. The first-order valence-electron chi connectivity index (χ1n) is 3.79. The van der Waals surface area contributed by atoms with Gasteiger partial charge in [0.05, 0.1) is 0 Å². The Labute approximate surface area is 74.4 Å². The Bertz CT molecular complexity index is 207. The van der Waals surface area contributed by atoms with Crippen molar-refractivity contribution in [1.29, 1.82) is 0 Å². The topological polar surface area (TPSA) is 107 Å². The molecule has 0 aromatic carbocycles. The van der Waals surface area contributed by atoms with Crippen LogP contribution in [0.4, 0.5) is 0 Å². The molecule has 6 nitrogen and oxygen atoms in total. The summed E-state index contributed by atoms with van der Waals surface area (Å²) in [5.41, 5.74) is -1.68. The molecule has 1 fully saturated rings. The lowest BCUT2D eigenvalue weighted by atomic mass is 9.89. The van der Waals surface area contributed by atoms with Crippen molar-refractivity contribution in [1.82, 2.24) is 0 Å². The van der Waals surface area contributed by atoms with Gasteiger partial charge < -0.3 is 30.0 Å². The smallest absolute Gasteiger partial charge is 0.184 e. The van der Waals surface area contributed by atoms with Gasteiger partial charge in [0.1, 0.15) is 18.3 Å². The number of carbonyl (C=O) groups excluding carboxylic acids is 1. The zero-order valence-electron chi connectivity index (χ0n) is 6.99. The van der Waals surface area contributed by atoms with E-state index in [9.17, 15) is 15.0 Å². The molecule has 13 heavy (non-hydrogen) atoms. The van der Waals surface area contributed by atoms with Crippen molar-refractivity contribution < 1.29 is 30.0 Å². The quantitative estimate of drug-likeness (QED) is 0.339. The van der Waals surface area contributed by atoms with Gasteiger partial charge in [0.15, 0.2) is 18.2 Å². The minimum Gasteiger partial charge on any atom is -0.387 e. The summed E-state index contributed by atoms with van der Waals surface area (Å²) in [6.45, 7) is 1.21. The van der Waals surface area contributed by atoms with Crippen molar-refractivity contribution in [3.8, 4) is 0 Å². The molecule has 0 aromatic rings. The molecule has 1 saturated heterocycles. The molecule has 76 valence electrons. The normalized spacial score (nSPS) is 51.8. The lowest BCUT2D eigenvalue weighted by Gasteiger charge is -2.42. The van der Waals surface area contributed by atoms with E-state index in [0.717, 1.165) is 0 Å². The van der Waals surface area contributed by atoms with Crippen LogP contribution in [-0.4, -0.2) is 56.9 Å². The Morgan fingerprint density at radius 3 is 2.23 bits per heavy atom. The zero-order chi connectivity index (χ0) is 10.2. The SMILES string of the molecule is C[C@]1(C=O)OC(O)[C@@H](O)[C@H](O)[C@@H]1O. The number of aliphatic hydroxyl groups excluding tert-OH is 4. The Balaban J connectivity index is 2.88. The molecule has 0 saturated carbocycles. The Kier molecular flexibility index (Phi) is 2.69. The third-order valence-electron chi connectivity index (χ3n) is 2.16. The van der Waals surface area contributed by atoms with Gasteiger partial charge in [-0.05, 0) is 6.92 Å². The van der Waals surface area contributed by atoms with E-state index in [1.54, 1.807) is 0 Å². The predicted octanol–water partition coefficient (Wildman–Crippen LogP) is -2.62. The summed E-state index contributed by atoms with van der Waals surface area (Å²) in [7, 11) is 0. The van der Waals surface area contributed by atoms with Crippen LogP contribution < -0.4 is 0 Å². The van der Waals surface area contributed by atoms with Crippen LogP contribution in [0.15, 0.2) is 0 Å². The fourth-order valence-electron chi connectivity index (χ4n) is 1.19. The Morgan fingerprint density at radius 2 is 1.77 bits per heavy atom. The maximum Gasteiger partial charge on any atom is 0.184 e. The highest BCUT2D eigenvalue weighted by molar-refractivity contribution is 5.63. The van der Waals surface area contributed by atoms with Gasteiger partial charge in [-0.25, -0.2) is 0 Å². The molecule has 1 aliphatic rings. The second-order valence-corrected chi connectivity index (χ2v) is 3.24. The number of ether oxygens (including phenoxy) is 1. The minimum atomic E-state index is -1.68. The Morgan fingerprint density at radius 1 is 1.23 bits per heavy atom. The van der Waals surface area contributed by atoms with Crippen molar-refractivity contribution in [2.45, 2.75) is 37.1 Å². The lowest BCUT2D eigenvalue weighted by molar-refractivity contribution is -0.301. The van der Waals surface area contributed by atoms with Crippen molar-refractivity contribution in [2.24, 2.45) is 0 Å². The summed E-state index contributed by atoms with van der Waals surface area (Å²) in [6.07, 6.45) is -6.16. The number of aldehydes is 1. The van der Waals surface area contributed by atoms with E-state index in [1.165, 1.54) is 6.92 Å². The lowest BCUT2D eigenvalue weighted by Crippen LogP contribution is -2.63. The molecule has 1 aliphatic heterocycles. The van der Waals surface area contributed by atoms with Gasteiger partial charge >= 0.3 is 0 Å². The monoisotopic (exact) mass is 192 g/mol. The van der Waals surface area contributed by atoms with E-state index < -0.39 is 30.2 Å². The molecular formula is C7H12O6. The van der Waals surface area contributed by atoms with E-state index in [1.807, 2.05) is 0 Å². The van der Waals surface area contributed by atoms with Crippen LogP contribution in [0.2, 0.25) is 0 Å². The minimum absolute atomic E-state index is 0.274. The third kappa shape index (κ3) is 1.59. The van der Waals surface area contributed by atoms with Gasteiger partial charge in [0.2, 0.25) is 0 Å². The van der Waals surface area contributed by atoms with Crippen LogP contribution in [-0.2, 0) is 9.53 Å². The van der Waals surface area contributed by atoms with Crippen LogP contribution in [0.5, 0.6) is 0 Å². The van der Waals surface area contributed by atoms with E-state index in [0.29, 0.717) is 0 Å². The molecule has 0 aromatic heterocycles. The molecule has 0 bridgehead atoms. The van der Waals surface area contributed by atoms with Crippen molar-refractivity contribution in [2.75, 3.05) is 0 Å². The number of carbonyl (C=O) groups is 1. The van der Waals surface area contributed by atoms with Crippen molar-refractivity contribution in [3.63, 3.8) is 0 Å². The molecule has 0 aliphatic carbocycles. The van der Waals surface area contributed by atoms with Crippen LogP contribution in [0.25, 0.3) is 0 Å². The standard InChI is InChI=1S/C7H12O6/c1-7(2-8)5(11)3(9)4(10)6(12)13-7/h2-6,9-12H,1H3/t3-,4-,5-,6?,7+/m0/s1. The fraction of sp³-hybridized carbons (Fsp3) is 0.857. The maximum absolute atomic E-state index is 10.5. The average Bonchev–Trinajstić information content (AvgIpc) is 2.12. The second-order valence-electron chi connectivity index (χ2n) is 3.24. The van der Waals surface area contributed by atoms with E-state index >= 15 is 0 Å². The van der Waals surface area contributed by atoms with E-state index in [-0.39, 0.29) is 6.29 Å². The highest BCUT2D eigenvalue weighted by Crippen LogP contribution is 2.26. The van der Waals surface area contributed by atoms with Crippen LogP contribution >= 0.6 is 0 Å². The summed E-state index contributed by atoms with van der Waals surface area (Å²) >= 11 is 0. The molecule has 0 spiro atoms. The van der Waals surface area contributed by atoms with Crippen molar-refractivity contribution in [3.05, 3.63) is 0 Å². The molecule has 4 N–H and O–H groups in total. The summed E-state index contributed by atoms with van der Waals surface area (Å²) in [4.78, 5) is 10.5. The summed E-state index contributed by atoms with van der Waals surface area (Å²) in [6, 6.07) is 0. The molecule has 1 heterocycles. The van der Waals surface area contributed by atoms with E-state index in [4.69, 9.17) is 10.2 Å². The summed E-state index contributed by atoms with van der Waals surface area (Å²) in [5, 5.41) is 36.6. The molecule has 1 unspecified atom stereocenters. The average molecular weight is 192 g/mol. The van der Waals surface area contributed by atoms with Gasteiger partial charge in [-0.1, -0.05) is 0 Å². The van der Waals surface area contributed by atoms with Gasteiger partial charge in [-0.3, -0.25) is 0 Å². The predicted molar refractivity (Wildman–Crippen MR) is 39.6 cm³/mol. The highest BCUT2D eigenvalue weighted by Gasteiger charge is 2.50. The zero-order valence-corrected chi connectivity index (χ0v) is 6.99. The molecule has 6 heteroatoms. The van der Waals surface area contributed by atoms with Crippen LogP contribution in [0.3, 0.4) is 0 Å². The molecule has 5 atom stereocenters. The molecule has 1 rings (SSSR count). The first-order valence-corrected chi connectivity index (χ1v) is 3.79. The number of aliphatic hydroxyl groups is 4. The third-order valence-corrected chi connectivity index (χ3v) is 2.16. The fourth-order valence-corrected chi connectivity index (χ4v) is 1.19. The second kappa shape index (κ2) is 3.32. The van der Waals surface area contributed by atoms with Gasteiger partial charge in [0, 0.05) is 0 Å². The van der Waals surface area contributed by atoms with Gasteiger partial charge in [-0.2, -0.15) is 0 Å². The van der Waals surface area contributed by atoms with E-state index in [2.05, 4.69) is 4.74 Å². The highest BCUT2D eigenvalue weighted by atomic mass is 16.6. The largest absolute Gasteiger partial charge is 0.387 e. The Hall–Kier alpha value is -0.530.